The smallest absolute Gasteiger partial charge is 0.0632 e. The summed E-state index contributed by atoms with van der Waals surface area (Å²) in [6.07, 6.45) is 3.24. The van der Waals surface area contributed by atoms with Crippen LogP contribution in [0.5, 0.6) is 0 Å². The third-order valence-corrected chi connectivity index (χ3v) is 4.41. The molecule has 0 aliphatic carbocycles. The van der Waals surface area contributed by atoms with Gasteiger partial charge >= 0.3 is 0 Å². The maximum Gasteiger partial charge on any atom is 0.0632 e. The Morgan fingerprint density at radius 1 is 1.10 bits per heavy atom. The maximum absolute atomic E-state index is 9.59. The van der Waals surface area contributed by atoms with Crippen molar-refractivity contribution in [2.45, 2.75) is 59.2 Å². The van der Waals surface area contributed by atoms with Crippen LogP contribution in [0.15, 0.2) is 0 Å². The molecule has 0 bridgehead atoms. The van der Waals surface area contributed by atoms with Crippen LogP contribution in [0.2, 0.25) is 0 Å². The van der Waals surface area contributed by atoms with E-state index in [0.29, 0.717) is 25.0 Å². The van der Waals surface area contributed by atoms with Crippen molar-refractivity contribution in [3.8, 4) is 0 Å². The number of ether oxygens (including phenoxy) is 2. The van der Waals surface area contributed by atoms with Gasteiger partial charge in [0, 0.05) is 6.42 Å². The molecule has 3 atom stereocenters. The summed E-state index contributed by atoms with van der Waals surface area (Å²) in [7, 11) is 0. The first-order chi connectivity index (χ1) is 9.46. The molecule has 1 aliphatic heterocycles. The summed E-state index contributed by atoms with van der Waals surface area (Å²) in [5, 5.41) is 19.2. The van der Waals surface area contributed by atoms with Gasteiger partial charge in [-0.25, -0.2) is 0 Å². The van der Waals surface area contributed by atoms with E-state index in [4.69, 9.17) is 9.47 Å². The minimum Gasteiger partial charge on any atom is -0.396 e. The van der Waals surface area contributed by atoms with Gasteiger partial charge in [-0.3, -0.25) is 0 Å². The van der Waals surface area contributed by atoms with Gasteiger partial charge in [0.1, 0.15) is 0 Å². The van der Waals surface area contributed by atoms with Crippen molar-refractivity contribution in [2.75, 3.05) is 26.4 Å². The topological polar surface area (TPSA) is 58.9 Å². The fourth-order valence-corrected chi connectivity index (χ4v) is 2.60. The Morgan fingerprint density at radius 2 is 1.70 bits per heavy atom. The molecule has 1 aliphatic rings. The predicted octanol–water partition coefficient (Wildman–Crippen LogP) is 2.22. The average molecular weight is 288 g/mol. The van der Waals surface area contributed by atoms with E-state index in [-0.39, 0.29) is 25.4 Å². The Morgan fingerprint density at radius 3 is 2.20 bits per heavy atom. The predicted molar refractivity (Wildman–Crippen MR) is 79.6 cm³/mol. The minimum atomic E-state index is -0.665. The van der Waals surface area contributed by atoms with Crippen molar-refractivity contribution in [1.29, 1.82) is 0 Å². The number of hydrogen-bond acceptors (Lipinski definition) is 4. The van der Waals surface area contributed by atoms with Gasteiger partial charge in [-0.1, -0.05) is 34.1 Å². The van der Waals surface area contributed by atoms with Gasteiger partial charge in [0.15, 0.2) is 0 Å². The normalized spacial score (nSPS) is 28.9. The summed E-state index contributed by atoms with van der Waals surface area (Å²) >= 11 is 0. The monoisotopic (exact) mass is 288 g/mol. The molecule has 0 aromatic rings. The highest BCUT2D eigenvalue weighted by Crippen LogP contribution is 2.29. The number of rotatable bonds is 6. The molecule has 20 heavy (non-hydrogen) atoms. The van der Waals surface area contributed by atoms with E-state index < -0.39 is 5.41 Å². The van der Waals surface area contributed by atoms with Gasteiger partial charge in [0.25, 0.3) is 0 Å². The Kier molecular flexibility index (Phi) is 7.45. The lowest BCUT2D eigenvalue weighted by Gasteiger charge is -2.39. The van der Waals surface area contributed by atoms with Gasteiger partial charge < -0.3 is 19.7 Å². The first-order valence-electron chi connectivity index (χ1n) is 7.91. The van der Waals surface area contributed by atoms with Crippen LogP contribution in [0.25, 0.3) is 0 Å². The third-order valence-electron chi connectivity index (χ3n) is 4.41. The van der Waals surface area contributed by atoms with Gasteiger partial charge in [0.2, 0.25) is 0 Å². The van der Waals surface area contributed by atoms with Gasteiger partial charge in [-0.05, 0) is 18.3 Å². The molecule has 1 rings (SSSR count). The van der Waals surface area contributed by atoms with Crippen molar-refractivity contribution < 1.29 is 19.7 Å². The molecule has 0 saturated carbocycles. The van der Waals surface area contributed by atoms with Crippen LogP contribution in [-0.4, -0.2) is 48.8 Å². The van der Waals surface area contributed by atoms with E-state index in [1.165, 1.54) is 0 Å². The molecule has 0 amide bonds. The number of hydrogen-bond donors (Lipinski definition) is 2. The summed E-state index contributed by atoms with van der Waals surface area (Å²) in [4.78, 5) is 0. The van der Waals surface area contributed by atoms with Crippen LogP contribution >= 0.6 is 0 Å². The first kappa shape index (κ1) is 17.9. The van der Waals surface area contributed by atoms with Gasteiger partial charge in [-0.15, -0.1) is 0 Å². The lowest BCUT2D eigenvalue weighted by atomic mass is 9.88. The zero-order valence-electron chi connectivity index (χ0n) is 13.5. The molecule has 120 valence electrons. The zero-order valence-corrected chi connectivity index (χ0v) is 13.5. The number of aliphatic hydroxyl groups excluding tert-OH is 2. The van der Waals surface area contributed by atoms with E-state index >= 15 is 0 Å². The Labute approximate surface area is 123 Å². The zero-order chi connectivity index (χ0) is 15.2. The van der Waals surface area contributed by atoms with Crippen molar-refractivity contribution >= 4 is 0 Å². The van der Waals surface area contributed by atoms with Crippen LogP contribution < -0.4 is 0 Å². The second-order valence-corrected chi connectivity index (χ2v) is 6.85. The maximum atomic E-state index is 9.59. The first-order valence-corrected chi connectivity index (χ1v) is 7.91. The Bertz CT molecular complexity index is 263. The lowest BCUT2D eigenvalue weighted by molar-refractivity contribution is -0.156. The Hall–Kier alpha value is -0.160. The molecular formula is C16H32O4. The molecule has 0 radical (unpaired) electrons. The fraction of sp³-hybridized carbons (Fsp3) is 1.00. The van der Waals surface area contributed by atoms with E-state index in [0.717, 1.165) is 19.3 Å². The van der Waals surface area contributed by atoms with Crippen LogP contribution in [0.1, 0.15) is 47.0 Å². The second kappa shape index (κ2) is 8.32. The molecule has 0 spiro atoms. The molecular weight excluding hydrogens is 256 g/mol. The quantitative estimate of drug-likeness (QED) is 0.787. The lowest BCUT2D eigenvalue weighted by Crippen LogP contribution is -2.46. The van der Waals surface area contributed by atoms with E-state index in [2.05, 4.69) is 27.7 Å². The summed E-state index contributed by atoms with van der Waals surface area (Å²) in [5.41, 5.74) is -0.665. The summed E-state index contributed by atoms with van der Waals surface area (Å²) in [6, 6.07) is 0. The third kappa shape index (κ3) is 4.99. The van der Waals surface area contributed by atoms with Crippen molar-refractivity contribution in [3.05, 3.63) is 0 Å². The van der Waals surface area contributed by atoms with Crippen LogP contribution in [0.3, 0.4) is 0 Å². The molecule has 1 heterocycles. The van der Waals surface area contributed by atoms with Crippen LogP contribution in [0, 0.1) is 17.3 Å². The molecule has 0 aromatic carbocycles. The van der Waals surface area contributed by atoms with E-state index in [1.54, 1.807) is 0 Å². The number of aliphatic hydroxyl groups is 2. The molecule has 4 nitrogen and oxygen atoms in total. The fourth-order valence-electron chi connectivity index (χ4n) is 2.60. The van der Waals surface area contributed by atoms with Crippen molar-refractivity contribution in [1.82, 2.24) is 0 Å². The molecule has 3 unspecified atom stereocenters. The van der Waals surface area contributed by atoms with Crippen molar-refractivity contribution in [3.63, 3.8) is 0 Å². The average Bonchev–Trinajstić information content (AvgIpc) is 2.42. The molecule has 1 fully saturated rings. The van der Waals surface area contributed by atoms with Crippen LogP contribution in [0.4, 0.5) is 0 Å². The van der Waals surface area contributed by atoms with Gasteiger partial charge in [-0.2, -0.15) is 0 Å². The Balaban J connectivity index is 2.79. The van der Waals surface area contributed by atoms with Crippen molar-refractivity contribution in [2.24, 2.45) is 17.3 Å². The largest absolute Gasteiger partial charge is 0.396 e. The van der Waals surface area contributed by atoms with E-state index in [9.17, 15) is 10.2 Å². The SMILES string of the molecule is CCC(C)C1CC(CC(C)C)OCC(CO)(CO)CO1. The molecule has 1 saturated heterocycles. The minimum absolute atomic E-state index is 0.106. The van der Waals surface area contributed by atoms with E-state index in [1.807, 2.05) is 0 Å². The standard InChI is InChI=1S/C16H32O4/c1-5-13(4)15-7-14(6-12(2)3)19-10-16(8-17,9-18)11-20-15/h12-15,17-18H,5-11H2,1-4H3. The highest BCUT2D eigenvalue weighted by molar-refractivity contribution is 4.83. The summed E-state index contributed by atoms with van der Waals surface area (Å²) in [5.74, 6) is 1.02. The van der Waals surface area contributed by atoms with Crippen LogP contribution in [-0.2, 0) is 9.47 Å². The molecule has 4 heteroatoms. The van der Waals surface area contributed by atoms with Gasteiger partial charge in [0.05, 0.1) is 44.1 Å². The second-order valence-electron chi connectivity index (χ2n) is 6.85. The highest BCUT2D eigenvalue weighted by atomic mass is 16.5. The summed E-state index contributed by atoms with van der Waals surface area (Å²) < 4.78 is 12.1. The summed E-state index contributed by atoms with van der Waals surface area (Å²) in [6.45, 7) is 9.25. The molecule has 2 N–H and O–H groups in total. The molecule has 0 aromatic heterocycles. The highest BCUT2D eigenvalue weighted by Gasteiger charge is 2.36.